The zero-order chi connectivity index (χ0) is 29.6. The molecular weight excluding hydrogens is 526 g/mol. The number of carbonyl (C=O) groups is 5. The molecule has 1 aromatic carbocycles. The van der Waals surface area contributed by atoms with Crippen LogP contribution in [0.4, 0.5) is 5.69 Å². The Balaban J connectivity index is 2.02. The Kier molecular flexibility index (Phi) is 10.2. The van der Waals surface area contributed by atoms with Gasteiger partial charge in [0.25, 0.3) is 12.2 Å². The predicted octanol–water partition coefficient (Wildman–Crippen LogP) is 1.52. The van der Waals surface area contributed by atoms with Crippen molar-refractivity contribution in [1.29, 1.82) is 0 Å². The van der Waals surface area contributed by atoms with Gasteiger partial charge < -0.3 is 34.0 Å². The van der Waals surface area contributed by atoms with Crippen LogP contribution in [0.15, 0.2) is 23.4 Å². The van der Waals surface area contributed by atoms with Crippen molar-refractivity contribution in [2.24, 2.45) is 5.16 Å². The highest BCUT2D eigenvalue weighted by molar-refractivity contribution is 6.54. The number of nitrogens with one attached hydrogen (secondary N) is 1. The second kappa shape index (κ2) is 13.4. The standard InChI is InChI=1S/C27H35N3O10/c1-7-8-11-30-20-10-9-14(2)12-19(20)22(26(30)35)29-40-27-23(28-15(3)31)25(38-18(6)34)24(37-17(5)33)21(39-27)13-36-16(4)32/h9-10,12,21,23-25,27H,7-8,11,13H2,1-6H3,(H,28,31)/b29-22+/t21-,23+,24+,25-,27-/m0/s1. The normalized spacial score (nSPS) is 24.8. The molecule has 1 N–H and O–H groups in total. The number of amides is 2. The average Bonchev–Trinajstić information content (AvgIpc) is 3.11. The van der Waals surface area contributed by atoms with Crippen LogP contribution in [0.5, 0.6) is 0 Å². The number of nitrogens with zero attached hydrogens (tertiary/aromatic N) is 2. The molecule has 2 heterocycles. The summed E-state index contributed by atoms with van der Waals surface area (Å²) in [5.41, 5.74) is 2.19. The van der Waals surface area contributed by atoms with Gasteiger partial charge in [-0.05, 0) is 25.5 Å². The van der Waals surface area contributed by atoms with Crippen LogP contribution >= 0.6 is 0 Å². The SMILES string of the molecule is CCCCN1C(=O)/C(=N/O[C@@H]2O[C@@H](COC(C)=O)[C@@H](OC(C)=O)[C@@H](OC(C)=O)[C@H]2NC(C)=O)c2cc(C)ccc21. The third-order valence-electron chi connectivity index (χ3n) is 6.20. The molecule has 0 aromatic heterocycles. The van der Waals surface area contributed by atoms with Gasteiger partial charge in [-0.2, -0.15) is 0 Å². The number of hydrogen-bond donors (Lipinski definition) is 1. The first-order chi connectivity index (χ1) is 18.9. The van der Waals surface area contributed by atoms with E-state index in [1.165, 1.54) is 13.8 Å². The molecule has 2 amide bonds. The highest BCUT2D eigenvalue weighted by Gasteiger charge is 2.52. The predicted molar refractivity (Wildman–Crippen MR) is 140 cm³/mol. The molecule has 40 heavy (non-hydrogen) atoms. The van der Waals surface area contributed by atoms with Gasteiger partial charge in [-0.15, -0.1) is 0 Å². The first kappa shape index (κ1) is 30.5. The van der Waals surface area contributed by atoms with Crippen molar-refractivity contribution in [1.82, 2.24) is 5.32 Å². The van der Waals surface area contributed by atoms with Crippen molar-refractivity contribution in [2.45, 2.75) is 85.0 Å². The van der Waals surface area contributed by atoms with Crippen LogP contribution in [0.3, 0.4) is 0 Å². The van der Waals surface area contributed by atoms with Crippen LogP contribution in [0.1, 0.15) is 58.6 Å². The molecule has 0 spiro atoms. The summed E-state index contributed by atoms with van der Waals surface area (Å²) in [6.07, 6.45) is -3.51. The maximum absolute atomic E-state index is 13.4. The molecule has 3 rings (SSSR count). The van der Waals surface area contributed by atoms with Crippen molar-refractivity contribution >= 4 is 41.1 Å². The maximum Gasteiger partial charge on any atom is 0.303 e. The third-order valence-corrected chi connectivity index (χ3v) is 6.20. The number of anilines is 1. The fraction of sp³-hybridized carbons (Fsp3) is 0.556. The minimum atomic E-state index is -1.43. The Labute approximate surface area is 232 Å². The molecule has 218 valence electrons. The quantitative estimate of drug-likeness (QED) is 0.252. The van der Waals surface area contributed by atoms with Gasteiger partial charge in [0.2, 0.25) is 5.91 Å². The number of aryl methyl sites for hydroxylation is 1. The van der Waals surface area contributed by atoms with Crippen molar-refractivity contribution in [2.75, 3.05) is 18.1 Å². The van der Waals surface area contributed by atoms with Crippen LogP contribution in [-0.4, -0.2) is 79.2 Å². The highest BCUT2D eigenvalue weighted by atomic mass is 16.8. The smallest absolute Gasteiger partial charge is 0.303 e. The van der Waals surface area contributed by atoms with E-state index in [0.717, 1.165) is 32.3 Å². The summed E-state index contributed by atoms with van der Waals surface area (Å²) >= 11 is 0. The lowest BCUT2D eigenvalue weighted by molar-refractivity contribution is -0.278. The fourth-order valence-corrected chi connectivity index (χ4v) is 4.54. The first-order valence-corrected chi connectivity index (χ1v) is 13.0. The summed E-state index contributed by atoms with van der Waals surface area (Å²) in [6.45, 7) is 8.70. The van der Waals surface area contributed by atoms with Gasteiger partial charge in [0, 0.05) is 39.8 Å². The molecule has 0 bridgehead atoms. The number of unbranched alkanes of at least 4 members (excludes halogenated alkanes) is 1. The first-order valence-electron chi connectivity index (χ1n) is 13.0. The number of benzene rings is 1. The Hall–Kier alpha value is -4.00. The molecule has 5 atom stereocenters. The lowest BCUT2D eigenvalue weighted by Gasteiger charge is -2.43. The Morgan fingerprint density at radius 1 is 1.02 bits per heavy atom. The number of hydrogen-bond acceptors (Lipinski definition) is 11. The summed E-state index contributed by atoms with van der Waals surface area (Å²) in [6, 6.07) is 4.34. The largest absolute Gasteiger partial charge is 0.463 e. The van der Waals surface area contributed by atoms with E-state index in [1.807, 2.05) is 32.0 Å². The maximum atomic E-state index is 13.4. The van der Waals surface area contributed by atoms with Gasteiger partial charge in [-0.1, -0.05) is 30.1 Å². The van der Waals surface area contributed by atoms with Gasteiger partial charge in [-0.3, -0.25) is 24.0 Å². The van der Waals surface area contributed by atoms with Gasteiger partial charge in [-0.25, -0.2) is 0 Å². The lowest BCUT2D eigenvalue weighted by atomic mass is 9.96. The molecule has 1 fully saturated rings. The Morgan fingerprint density at radius 2 is 1.70 bits per heavy atom. The number of oxime groups is 1. The molecule has 2 aliphatic heterocycles. The zero-order valence-electron chi connectivity index (χ0n) is 23.4. The molecule has 13 nitrogen and oxygen atoms in total. The molecule has 1 aromatic rings. The minimum Gasteiger partial charge on any atom is -0.463 e. The fourth-order valence-electron chi connectivity index (χ4n) is 4.54. The molecular formula is C27H35N3O10. The van der Waals surface area contributed by atoms with Gasteiger partial charge in [0.05, 0.1) is 5.69 Å². The van der Waals surface area contributed by atoms with Gasteiger partial charge >= 0.3 is 17.9 Å². The summed E-state index contributed by atoms with van der Waals surface area (Å²) in [5, 5.41) is 6.75. The molecule has 13 heteroatoms. The van der Waals surface area contributed by atoms with Crippen LogP contribution in [-0.2, 0) is 47.8 Å². The number of carbonyl (C=O) groups excluding carboxylic acids is 5. The van der Waals surface area contributed by atoms with E-state index in [0.29, 0.717) is 17.8 Å². The number of rotatable bonds is 10. The molecule has 1 saturated heterocycles. The van der Waals surface area contributed by atoms with E-state index in [-0.39, 0.29) is 18.2 Å². The highest BCUT2D eigenvalue weighted by Crippen LogP contribution is 2.32. The van der Waals surface area contributed by atoms with E-state index in [4.69, 9.17) is 23.8 Å². The number of ether oxygens (including phenoxy) is 4. The van der Waals surface area contributed by atoms with E-state index in [2.05, 4.69) is 10.5 Å². The molecule has 2 aliphatic rings. The number of fused-ring (bicyclic) bond motifs is 1. The van der Waals surface area contributed by atoms with Crippen LogP contribution in [0.25, 0.3) is 0 Å². The minimum absolute atomic E-state index is 0.0302. The average molecular weight is 562 g/mol. The topological polar surface area (TPSA) is 159 Å². The Bertz CT molecular complexity index is 1180. The molecule has 0 unspecified atom stereocenters. The van der Waals surface area contributed by atoms with Crippen LogP contribution in [0.2, 0.25) is 0 Å². The van der Waals surface area contributed by atoms with Crippen LogP contribution < -0.4 is 10.2 Å². The molecule has 0 radical (unpaired) electrons. The van der Waals surface area contributed by atoms with E-state index in [1.54, 1.807) is 4.90 Å². The Morgan fingerprint density at radius 3 is 2.30 bits per heavy atom. The van der Waals surface area contributed by atoms with Crippen molar-refractivity contribution in [3.63, 3.8) is 0 Å². The van der Waals surface area contributed by atoms with Crippen molar-refractivity contribution < 1.29 is 47.8 Å². The summed E-state index contributed by atoms with van der Waals surface area (Å²) in [4.78, 5) is 68.3. The van der Waals surface area contributed by atoms with E-state index < -0.39 is 54.5 Å². The van der Waals surface area contributed by atoms with Crippen molar-refractivity contribution in [3.8, 4) is 0 Å². The second-order valence-corrected chi connectivity index (χ2v) is 9.60. The van der Waals surface area contributed by atoms with E-state index >= 15 is 0 Å². The monoisotopic (exact) mass is 561 g/mol. The lowest BCUT2D eigenvalue weighted by Crippen LogP contribution is -2.66. The second-order valence-electron chi connectivity index (χ2n) is 9.60. The summed E-state index contributed by atoms with van der Waals surface area (Å²) in [7, 11) is 0. The molecule has 0 aliphatic carbocycles. The third kappa shape index (κ3) is 7.34. The van der Waals surface area contributed by atoms with Gasteiger partial charge in [0.15, 0.2) is 17.9 Å². The zero-order valence-corrected chi connectivity index (χ0v) is 23.4. The summed E-state index contributed by atoms with van der Waals surface area (Å²) in [5.74, 6) is -3.00. The number of esters is 3. The molecule has 0 saturated carbocycles. The summed E-state index contributed by atoms with van der Waals surface area (Å²) < 4.78 is 21.9. The van der Waals surface area contributed by atoms with Gasteiger partial charge in [0.1, 0.15) is 18.8 Å². The van der Waals surface area contributed by atoms with Crippen molar-refractivity contribution in [3.05, 3.63) is 29.3 Å². The van der Waals surface area contributed by atoms with E-state index in [9.17, 15) is 24.0 Å². The van der Waals surface area contributed by atoms with Crippen LogP contribution in [0, 0.1) is 6.92 Å².